The van der Waals surface area contributed by atoms with Gasteiger partial charge in [0.15, 0.2) is 0 Å². The van der Waals surface area contributed by atoms with Crippen molar-refractivity contribution in [3.63, 3.8) is 0 Å². The van der Waals surface area contributed by atoms with Gasteiger partial charge in [-0.3, -0.25) is 4.79 Å². The maximum Gasteiger partial charge on any atom is 0.319 e. The van der Waals surface area contributed by atoms with Gasteiger partial charge in [-0.2, -0.15) is 0 Å². The molecule has 2 aliphatic heterocycles. The number of nitrogens with one attached hydrogen (secondary N) is 3. The van der Waals surface area contributed by atoms with E-state index >= 15 is 0 Å². The number of rotatable bonds is 8. The molecule has 3 N–H and O–H groups in total. The molecule has 7 nitrogen and oxygen atoms in total. The Morgan fingerprint density at radius 1 is 0.905 bits per heavy atom. The summed E-state index contributed by atoms with van der Waals surface area (Å²) >= 11 is 0. The molecule has 4 aliphatic carbocycles. The lowest BCUT2D eigenvalue weighted by Crippen LogP contribution is -2.60. The monoisotopic (exact) mass is 570 g/mol. The summed E-state index contributed by atoms with van der Waals surface area (Å²) in [6.45, 7) is 3.12. The van der Waals surface area contributed by atoms with Gasteiger partial charge in [-0.1, -0.05) is 30.3 Å². The molecule has 7 heteroatoms. The van der Waals surface area contributed by atoms with Gasteiger partial charge in [0.2, 0.25) is 0 Å². The van der Waals surface area contributed by atoms with Crippen molar-refractivity contribution >= 4 is 23.3 Å². The largest absolute Gasteiger partial charge is 0.376 e. The average Bonchev–Trinajstić information content (AvgIpc) is 3.50. The van der Waals surface area contributed by atoms with E-state index in [1.54, 1.807) is 0 Å². The number of anilines is 2. The minimum Gasteiger partial charge on any atom is -0.376 e. The van der Waals surface area contributed by atoms with Gasteiger partial charge in [0.25, 0.3) is 5.91 Å². The fourth-order valence-corrected chi connectivity index (χ4v) is 9.17. The van der Waals surface area contributed by atoms with Crippen LogP contribution in [-0.2, 0) is 11.2 Å². The van der Waals surface area contributed by atoms with E-state index in [1.807, 2.05) is 18.2 Å². The summed E-state index contributed by atoms with van der Waals surface area (Å²) in [7, 11) is 0. The van der Waals surface area contributed by atoms with Crippen LogP contribution in [0.3, 0.4) is 0 Å². The van der Waals surface area contributed by atoms with Crippen molar-refractivity contribution in [1.29, 1.82) is 0 Å². The van der Waals surface area contributed by atoms with Crippen molar-refractivity contribution in [1.82, 2.24) is 10.6 Å². The number of nitrogens with zero attached hydrogens (tertiary/aromatic N) is 1. The molecule has 6 aliphatic rings. The fourth-order valence-electron chi connectivity index (χ4n) is 9.17. The Labute approximate surface area is 250 Å². The highest BCUT2D eigenvalue weighted by molar-refractivity contribution is 6.02. The Bertz CT molecular complexity index is 1230. The van der Waals surface area contributed by atoms with E-state index in [-0.39, 0.29) is 23.6 Å². The first-order chi connectivity index (χ1) is 20.5. The van der Waals surface area contributed by atoms with Gasteiger partial charge in [-0.15, -0.1) is 0 Å². The Morgan fingerprint density at radius 3 is 2.29 bits per heavy atom. The quantitative estimate of drug-likeness (QED) is 0.356. The number of hydrogen-bond acceptors (Lipinski definition) is 4. The van der Waals surface area contributed by atoms with E-state index in [4.69, 9.17) is 4.74 Å². The molecule has 8 rings (SSSR count). The average molecular weight is 571 g/mol. The van der Waals surface area contributed by atoms with Gasteiger partial charge in [-0.25, -0.2) is 4.79 Å². The molecular formula is C35H46N4O3. The third-order valence-corrected chi connectivity index (χ3v) is 10.8. The highest BCUT2D eigenvalue weighted by atomic mass is 16.5. The number of urea groups is 1. The molecule has 224 valence electrons. The number of amides is 3. The van der Waals surface area contributed by atoms with Crippen LogP contribution in [0.25, 0.3) is 0 Å². The van der Waals surface area contributed by atoms with E-state index in [0.717, 1.165) is 94.5 Å². The number of ether oxygens (including phenoxy) is 1. The Hall–Kier alpha value is -3.06. The molecule has 2 aromatic carbocycles. The molecule has 0 spiro atoms. The van der Waals surface area contributed by atoms with Crippen molar-refractivity contribution in [3.05, 3.63) is 59.7 Å². The molecule has 4 bridgehead atoms. The Balaban J connectivity index is 1.04. The molecule has 6 fully saturated rings. The first kappa shape index (κ1) is 27.8. The van der Waals surface area contributed by atoms with Crippen molar-refractivity contribution < 1.29 is 14.3 Å². The van der Waals surface area contributed by atoms with E-state index < -0.39 is 0 Å². The van der Waals surface area contributed by atoms with Crippen LogP contribution >= 0.6 is 0 Å². The highest BCUT2D eigenvalue weighted by Gasteiger charge is 2.51. The first-order valence-corrected chi connectivity index (χ1v) is 16.4. The second kappa shape index (κ2) is 11.9. The molecule has 2 heterocycles. The molecule has 42 heavy (non-hydrogen) atoms. The maximum atomic E-state index is 13.6. The highest BCUT2D eigenvalue weighted by Crippen LogP contribution is 2.55. The van der Waals surface area contributed by atoms with Crippen LogP contribution < -0.4 is 20.9 Å². The van der Waals surface area contributed by atoms with E-state index in [1.165, 1.54) is 24.8 Å². The molecule has 2 saturated heterocycles. The van der Waals surface area contributed by atoms with Crippen molar-refractivity contribution in [3.8, 4) is 0 Å². The van der Waals surface area contributed by atoms with Gasteiger partial charge in [0, 0.05) is 43.2 Å². The number of hydrogen-bond donors (Lipinski definition) is 3. The zero-order chi connectivity index (χ0) is 28.5. The smallest absolute Gasteiger partial charge is 0.319 e. The standard InChI is InChI=1S/C35H46N4O3/c40-33(36-23-30-7-4-14-42-30)31-19-29(37-34(41)38-35-20-26-16-27(21-35)18-28(17-26)22-35)8-9-32(31)39-12-10-25(11-13-39)15-24-5-2-1-3-6-24/h1-3,5-6,8-9,19,25-28,30H,4,7,10-18,20-23H2,(H,36,40)(H2,37,38,41)/t26?,27?,28?,30-,35?/m1/s1. The van der Waals surface area contributed by atoms with E-state index in [2.05, 4.69) is 51.2 Å². The molecule has 2 aromatic rings. The third kappa shape index (κ3) is 6.17. The Kier molecular flexibility index (Phi) is 7.87. The zero-order valence-corrected chi connectivity index (χ0v) is 24.8. The SMILES string of the molecule is O=C(Nc1ccc(N2CCC(Cc3ccccc3)CC2)c(C(=O)NC[C@H]2CCCO2)c1)NC12CC3CC(CC(C3)C1)C2. The summed E-state index contributed by atoms with van der Waals surface area (Å²) in [5.41, 5.74) is 3.59. The lowest BCUT2D eigenvalue weighted by Gasteiger charge is -2.56. The summed E-state index contributed by atoms with van der Waals surface area (Å²) in [6, 6.07) is 16.5. The van der Waals surface area contributed by atoms with Crippen molar-refractivity contribution in [2.24, 2.45) is 23.7 Å². The molecular weight excluding hydrogens is 524 g/mol. The van der Waals surface area contributed by atoms with E-state index in [9.17, 15) is 9.59 Å². The lowest BCUT2D eigenvalue weighted by atomic mass is 9.53. The van der Waals surface area contributed by atoms with Crippen LogP contribution in [0, 0.1) is 23.7 Å². The molecule has 0 unspecified atom stereocenters. The number of piperidine rings is 1. The van der Waals surface area contributed by atoms with Crippen LogP contribution in [0.2, 0.25) is 0 Å². The number of carbonyl (C=O) groups excluding carboxylic acids is 2. The van der Waals surface area contributed by atoms with Crippen molar-refractivity contribution in [2.75, 3.05) is 36.5 Å². The number of benzene rings is 2. The summed E-state index contributed by atoms with van der Waals surface area (Å²) in [5.74, 6) is 2.86. The topological polar surface area (TPSA) is 82.7 Å². The molecule has 4 saturated carbocycles. The minimum atomic E-state index is -0.142. The van der Waals surface area contributed by atoms with Gasteiger partial charge in [-0.05, 0) is 118 Å². The molecule has 1 atom stereocenters. The minimum absolute atomic E-state index is 0.0512. The summed E-state index contributed by atoms with van der Waals surface area (Å²) in [6.07, 6.45) is 12.8. The number of carbonyl (C=O) groups is 2. The predicted molar refractivity (Wildman–Crippen MR) is 166 cm³/mol. The molecule has 3 amide bonds. The van der Waals surface area contributed by atoms with Crippen LogP contribution in [0.4, 0.5) is 16.2 Å². The maximum absolute atomic E-state index is 13.6. The summed E-state index contributed by atoms with van der Waals surface area (Å²) in [5, 5.41) is 9.64. The van der Waals surface area contributed by atoms with Gasteiger partial charge in [0.05, 0.1) is 11.7 Å². The van der Waals surface area contributed by atoms with Crippen LogP contribution in [0.15, 0.2) is 48.5 Å². The van der Waals surface area contributed by atoms with Gasteiger partial charge < -0.3 is 25.6 Å². The second-order valence-corrected chi connectivity index (χ2v) is 14.0. The lowest BCUT2D eigenvalue weighted by molar-refractivity contribution is -0.0127. The fraction of sp³-hybridized carbons (Fsp3) is 0.600. The zero-order valence-electron chi connectivity index (χ0n) is 24.8. The normalized spacial score (nSPS) is 30.3. The van der Waals surface area contributed by atoms with Crippen LogP contribution in [0.5, 0.6) is 0 Å². The second-order valence-electron chi connectivity index (χ2n) is 14.0. The van der Waals surface area contributed by atoms with Gasteiger partial charge >= 0.3 is 6.03 Å². The summed E-state index contributed by atoms with van der Waals surface area (Å²) < 4.78 is 5.75. The first-order valence-electron chi connectivity index (χ1n) is 16.4. The third-order valence-electron chi connectivity index (χ3n) is 10.8. The van der Waals surface area contributed by atoms with E-state index in [0.29, 0.717) is 23.7 Å². The van der Waals surface area contributed by atoms with Gasteiger partial charge in [0.1, 0.15) is 0 Å². The van der Waals surface area contributed by atoms with Crippen molar-refractivity contribution in [2.45, 2.75) is 82.3 Å². The van der Waals surface area contributed by atoms with Crippen LogP contribution in [-0.4, -0.2) is 49.8 Å². The van der Waals surface area contributed by atoms with Crippen LogP contribution in [0.1, 0.15) is 80.1 Å². The summed E-state index contributed by atoms with van der Waals surface area (Å²) in [4.78, 5) is 29.2. The predicted octanol–water partition coefficient (Wildman–Crippen LogP) is 6.14. The Morgan fingerprint density at radius 2 is 1.62 bits per heavy atom. The molecule has 0 aromatic heterocycles. The molecule has 0 radical (unpaired) electrons.